The average Bonchev–Trinajstić information content (AvgIpc) is 2.64. The highest BCUT2D eigenvalue weighted by Crippen LogP contribution is 2.18. The Labute approximate surface area is 160 Å². The van der Waals surface area contributed by atoms with E-state index in [-0.39, 0.29) is 12.5 Å². The summed E-state index contributed by atoms with van der Waals surface area (Å²) in [5, 5.41) is 0. The third-order valence-electron chi connectivity index (χ3n) is 4.09. The SMILES string of the molecule is COCc1cccc(C(=O)OCC(=O)N(Cc2ccccc2)C(C)(C)C)c1. The minimum atomic E-state index is -0.519. The number of amides is 1. The van der Waals surface area contributed by atoms with E-state index >= 15 is 0 Å². The number of benzene rings is 2. The Kier molecular flexibility index (Phi) is 7.13. The van der Waals surface area contributed by atoms with Gasteiger partial charge in [0.25, 0.3) is 5.91 Å². The smallest absolute Gasteiger partial charge is 0.338 e. The van der Waals surface area contributed by atoms with Gasteiger partial charge in [0, 0.05) is 19.2 Å². The third-order valence-corrected chi connectivity index (χ3v) is 4.09. The molecule has 0 N–H and O–H groups in total. The fourth-order valence-corrected chi connectivity index (χ4v) is 2.71. The number of hydrogen-bond donors (Lipinski definition) is 0. The van der Waals surface area contributed by atoms with Crippen LogP contribution in [0.3, 0.4) is 0 Å². The Morgan fingerprint density at radius 2 is 1.63 bits per heavy atom. The molecule has 2 aromatic carbocycles. The number of rotatable bonds is 7. The van der Waals surface area contributed by atoms with E-state index in [1.54, 1.807) is 30.2 Å². The van der Waals surface area contributed by atoms with Crippen LogP contribution in [0.5, 0.6) is 0 Å². The van der Waals surface area contributed by atoms with E-state index < -0.39 is 11.5 Å². The van der Waals surface area contributed by atoms with Gasteiger partial charge >= 0.3 is 5.97 Å². The topological polar surface area (TPSA) is 55.8 Å². The van der Waals surface area contributed by atoms with Crippen LogP contribution in [-0.4, -0.2) is 36.0 Å². The number of carbonyl (C=O) groups excluding carboxylic acids is 2. The molecule has 0 aliphatic carbocycles. The summed E-state index contributed by atoms with van der Waals surface area (Å²) in [7, 11) is 1.59. The van der Waals surface area contributed by atoms with Crippen molar-refractivity contribution in [2.75, 3.05) is 13.7 Å². The maximum atomic E-state index is 12.7. The van der Waals surface area contributed by atoms with Gasteiger partial charge in [-0.05, 0) is 44.0 Å². The van der Waals surface area contributed by atoms with E-state index in [4.69, 9.17) is 9.47 Å². The minimum Gasteiger partial charge on any atom is -0.452 e. The second-order valence-corrected chi connectivity index (χ2v) is 7.35. The lowest BCUT2D eigenvalue weighted by Gasteiger charge is -2.35. The molecule has 0 atom stereocenters. The van der Waals surface area contributed by atoms with E-state index in [0.29, 0.717) is 18.7 Å². The highest BCUT2D eigenvalue weighted by Gasteiger charge is 2.27. The zero-order valence-corrected chi connectivity index (χ0v) is 16.4. The first-order valence-corrected chi connectivity index (χ1v) is 8.90. The van der Waals surface area contributed by atoms with Crippen LogP contribution in [0, 0.1) is 0 Å². The average molecular weight is 369 g/mol. The Morgan fingerprint density at radius 1 is 0.963 bits per heavy atom. The van der Waals surface area contributed by atoms with Crippen molar-refractivity contribution in [3.8, 4) is 0 Å². The monoisotopic (exact) mass is 369 g/mol. The first-order valence-electron chi connectivity index (χ1n) is 8.90. The van der Waals surface area contributed by atoms with E-state index in [9.17, 15) is 9.59 Å². The van der Waals surface area contributed by atoms with Crippen LogP contribution in [0.2, 0.25) is 0 Å². The van der Waals surface area contributed by atoms with Gasteiger partial charge < -0.3 is 14.4 Å². The summed E-state index contributed by atoms with van der Waals surface area (Å²) in [6, 6.07) is 16.8. The van der Waals surface area contributed by atoms with Crippen molar-refractivity contribution >= 4 is 11.9 Å². The number of esters is 1. The second-order valence-electron chi connectivity index (χ2n) is 7.35. The van der Waals surface area contributed by atoms with Crippen LogP contribution in [-0.2, 0) is 27.4 Å². The number of hydrogen-bond acceptors (Lipinski definition) is 4. The van der Waals surface area contributed by atoms with Gasteiger partial charge in [0.2, 0.25) is 0 Å². The molecule has 5 heteroatoms. The van der Waals surface area contributed by atoms with Crippen molar-refractivity contribution in [2.45, 2.75) is 39.5 Å². The van der Waals surface area contributed by atoms with Gasteiger partial charge in [-0.3, -0.25) is 4.79 Å². The summed E-state index contributed by atoms with van der Waals surface area (Å²) in [6.45, 7) is 6.47. The third kappa shape index (κ3) is 6.22. The maximum absolute atomic E-state index is 12.7. The quantitative estimate of drug-likeness (QED) is 0.696. The molecule has 2 aromatic rings. The van der Waals surface area contributed by atoms with Gasteiger partial charge in [0.05, 0.1) is 12.2 Å². The summed E-state index contributed by atoms with van der Waals surface area (Å²) in [6.07, 6.45) is 0. The molecule has 0 aliphatic heterocycles. The van der Waals surface area contributed by atoms with Crippen molar-refractivity contribution in [1.29, 1.82) is 0 Å². The van der Waals surface area contributed by atoms with Crippen molar-refractivity contribution < 1.29 is 19.1 Å². The van der Waals surface area contributed by atoms with E-state index in [2.05, 4.69) is 0 Å². The van der Waals surface area contributed by atoms with Crippen LogP contribution in [0.4, 0.5) is 0 Å². The molecule has 0 saturated carbocycles. The number of nitrogens with zero attached hydrogens (tertiary/aromatic N) is 1. The molecular weight excluding hydrogens is 342 g/mol. The van der Waals surface area contributed by atoms with Crippen molar-refractivity contribution in [3.63, 3.8) is 0 Å². The fourth-order valence-electron chi connectivity index (χ4n) is 2.71. The highest BCUT2D eigenvalue weighted by atomic mass is 16.5. The lowest BCUT2D eigenvalue weighted by Crippen LogP contribution is -2.46. The predicted octanol–water partition coefficient (Wildman–Crippen LogP) is 3.82. The maximum Gasteiger partial charge on any atom is 0.338 e. The second kappa shape index (κ2) is 9.33. The summed E-state index contributed by atoms with van der Waals surface area (Å²) >= 11 is 0. The number of methoxy groups -OCH3 is 1. The van der Waals surface area contributed by atoms with Gasteiger partial charge in [0.1, 0.15) is 0 Å². The lowest BCUT2D eigenvalue weighted by atomic mass is 10.0. The first kappa shape index (κ1) is 20.6. The molecule has 5 nitrogen and oxygen atoms in total. The van der Waals surface area contributed by atoms with Gasteiger partial charge in [0.15, 0.2) is 6.61 Å². The zero-order chi connectivity index (χ0) is 19.9. The summed E-state index contributed by atoms with van der Waals surface area (Å²) in [5.74, 6) is -0.748. The van der Waals surface area contributed by atoms with Crippen LogP contribution in [0.15, 0.2) is 54.6 Å². The molecule has 27 heavy (non-hydrogen) atoms. The summed E-state index contributed by atoms with van der Waals surface area (Å²) in [4.78, 5) is 26.7. The standard InChI is InChI=1S/C22H27NO4/c1-22(2,3)23(14-17-9-6-5-7-10-17)20(24)16-27-21(25)19-12-8-11-18(13-19)15-26-4/h5-13H,14-16H2,1-4H3. The molecule has 0 aliphatic rings. The van der Waals surface area contributed by atoms with Crippen LogP contribution in [0.1, 0.15) is 42.3 Å². The van der Waals surface area contributed by atoms with Crippen LogP contribution < -0.4 is 0 Å². The molecule has 0 saturated heterocycles. The van der Waals surface area contributed by atoms with Gasteiger partial charge in [-0.1, -0.05) is 42.5 Å². The van der Waals surface area contributed by atoms with Crippen molar-refractivity contribution in [3.05, 3.63) is 71.3 Å². The minimum absolute atomic E-state index is 0.229. The molecular formula is C22H27NO4. The molecule has 144 valence electrons. The summed E-state index contributed by atoms with van der Waals surface area (Å²) < 4.78 is 10.3. The molecule has 0 heterocycles. The zero-order valence-electron chi connectivity index (χ0n) is 16.4. The molecule has 0 fully saturated rings. The highest BCUT2D eigenvalue weighted by molar-refractivity contribution is 5.91. The Morgan fingerprint density at radius 3 is 2.26 bits per heavy atom. The molecule has 1 amide bonds. The molecule has 2 rings (SSSR count). The van der Waals surface area contributed by atoms with E-state index in [0.717, 1.165) is 11.1 Å². The van der Waals surface area contributed by atoms with E-state index in [1.807, 2.05) is 57.2 Å². The van der Waals surface area contributed by atoms with Gasteiger partial charge in [-0.15, -0.1) is 0 Å². The largest absolute Gasteiger partial charge is 0.452 e. The molecule has 0 spiro atoms. The lowest BCUT2D eigenvalue weighted by molar-refractivity contribution is -0.140. The van der Waals surface area contributed by atoms with Crippen LogP contribution >= 0.6 is 0 Å². The Balaban J connectivity index is 2.02. The number of carbonyl (C=O) groups is 2. The Bertz CT molecular complexity index is 765. The molecule has 0 aromatic heterocycles. The van der Waals surface area contributed by atoms with Crippen molar-refractivity contribution in [2.24, 2.45) is 0 Å². The van der Waals surface area contributed by atoms with Gasteiger partial charge in [-0.2, -0.15) is 0 Å². The predicted molar refractivity (Wildman–Crippen MR) is 104 cm³/mol. The Hall–Kier alpha value is -2.66. The van der Waals surface area contributed by atoms with Crippen molar-refractivity contribution in [1.82, 2.24) is 4.90 Å². The van der Waals surface area contributed by atoms with Gasteiger partial charge in [-0.25, -0.2) is 4.79 Å². The fraction of sp³-hybridized carbons (Fsp3) is 0.364. The normalized spacial score (nSPS) is 11.1. The molecule has 0 radical (unpaired) electrons. The van der Waals surface area contributed by atoms with Crippen LogP contribution in [0.25, 0.3) is 0 Å². The molecule has 0 unspecified atom stereocenters. The van der Waals surface area contributed by atoms with E-state index in [1.165, 1.54) is 0 Å². The first-order chi connectivity index (χ1) is 12.8. The molecule has 0 bridgehead atoms. The summed E-state index contributed by atoms with van der Waals surface area (Å²) in [5.41, 5.74) is 1.92. The number of ether oxygens (including phenoxy) is 2.